The van der Waals surface area contributed by atoms with Crippen LogP contribution in [-0.2, 0) is 0 Å². The summed E-state index contributed by atoms with van der Waals surface area (Å²) in [6.45, 7) is 2.76. The van der Waals surface area contributed by atoms with E-state index in [-0.39, 0.29) is 5.82 Å². The average Bonchev–Trinajstić information content (AvgIpc) is 2.20. The first-order valence-electron chi connectivity index (χ1n) is 4.59. The average molecular weight is 190 g/mol. The van der Waals surface area contributed by atoms with Crippen molar-refractivity contribution in [3.05, 3.63) is 36.3 Å². The zero-order valence-electron chi connectivity index (χ0n) is 7.92. The summed E-state index contributed by atoms with van der Waals surface area (Å²) in [6, 6.07) is 6.72. The second-order valence-electron chi connectivity index (χ2n) is 3.06. The van der Waals surface area contributed by atoms with Gasteiger partial charge in [0.15, 0.2) is 0 Å². The monoisotopic (exact) mass is 190 g/mol. The third kappa shape index (κ3) is 1.53. The highest BCUT2D eigenvalue weighted by Crippen LogP contribution is 2.19. The minimum Gasteiger partial charge on any atom is -0.370 e. The Bertz CT molecular complexity index is 454. The number of nitrogens with one attached hydrogen (secondary N) is 1. The topological polar surface area (TPSA) is 24.9 Å². The Labute approximate surface area is 81.8 Å². The normalized spacial score (nSPS) is 10.4. The van der Waals surface area contributed by atoms with Crippen LogP contribution in [0.4, 0.5) is 10.2 Å². The molecular formula is C11H11FN2. The molecule has 72 valence electrons. The van der Waals surface area contributed by atoms with Gasteiger partial charge in [0, 0.05) is 23.5 Å². The lowest BCUT2D eigenvalue weighted by atomic mass is 10.1. The van der Waals surface area contributed by atoms with Gasteiger partial charge in [-0.1, -0.05) is 12.1 Å². The van der Waals surface area contributed by atoms with Gasteiger partial charge in [-0.2, -0.15) is 0 Å². The van der Waals surface area contributed by atoms with E-state index in [4.69, 9.17) is 0 Å². The number of anilines is 1. The van der Waals surface area contributed by atoms with Crippen molar-refractivity contribution in [3.63, 3.8) is 0 Å². The molecule has 2 rings (SSSR count). The lowest BCUT2D eigenvalue weighted by Crippen LogP contribution is -1.98. The second kappa shape index (κ2) is 3.62. The molecule has 0 aliphatic carbocycles. The standard InChI is InChI=1S/C11H11FN2/c1-2-13-11-6-9-8(7-14-11)4-3-5-10(9)12/h3-7H,2H2,1H3,(H,13,14). The Hall–Kier alpha value is -1.64. The smallest absolute Gasteiger partial charge is 0.131 e. The van der Waals surface area contributed by atoms with E-state index in [1.54, 1.807) is 18.3 Å². The van der Waals surface area contributed by atoms with Crippen molar-refractivity contribution in [1.82, 2.24) is 4.98 Å². The van der Waals surface area contributed by atoms with Crippen LogP contribution in [0.1, 0.15) is 6.92 Å². The first-order chi connectivity index (χ1) is 6.81. The molecule has 2 aromatic rings. The molecule has 1 aromatic heterocycles. The van der Waals surface area contributed by atoms with E-state index < -0.39 is 0 Å². The summed E-state index contributed by atoms with van der Waals surface area (Å²) in [5.41, 5.74) is 0. The van der Waals surface area contributed by atoms with Crippen LogP contribution in [0.15, 0.2) is 30.5 Å². The van der Waals surface area contributed by atoms with Gasteiger partial charge in [-0.3, -0.25) is 0 Å². The van der Waals surface area contributed by atoms with Crippen molar-refractivity contribution >= 4 is 16.6 Å². The summed E-state index contributed by atoms with van der Waals surface area (Å²) in [7, 11) is 0. The minimum absolute atomic E-state index is 0.205. The fourth-order valence-electron chi connectivity index (χ4n) is 1.41. The van der Waals surface area contributed by atoms with Crippen LogP contribution in [0, 0.1) is 5.82 Å². The number of nitrogens with zero attached hydrogens (tertiary/aromatic N) is 1. The molecule has 0 fully saturated rings. The molecule has 0 amide bonds. The predicted molar refractivity (Wildman–Crippen MR) is 55.9 cm³/mol. The van der Waals surface area contributed by atoms with Crippen molar-refractivity contribution < 1.29 is 4.39 Å². The van der Waals surface area contributed by atoms with Gasteiger partial charge in [-0.15, -0.1) is 0 Å². The van der Waals surface area contributed by atoms with E-state index in [0.29, 0.717) is 11.2 Å². The summed E-state index contributed by atoms with van der Waals surface area (Å²) in [5.74, 6) is 0.508. The Kier molecular flexibility index (Phi) is 2.31. The maximum Gasteiger partial charge on any atom is 0.131 e. The van der Waals surface area contributed by atoms with Gasteiger partial charge in [0.05, 0.1) is 0 Å². The third-order valence-corrected chi connectivity index (χ3v) is 2.07. The van der Waals surface area contributed by atoms with E-state index in [2.05, 4.69) is 10.3 Å². The van der Waals surface area contributed by atoms with Gasteiger partial charge in [-0.05, 0) is 19.1 Å². The Morgan fingerprint density at radius 3 is 3.07 bits per heavy atom. The predicted octanol–water partition coefficient (Wildman–Crippen LogP) is 2.81. The van der Waals surface area contributed by atoms with E-state index >= 15 is 0 Å². The van der Waals surface area contributed by atoms with Gasteiger partial charge >= 0.3 is 0 Å². The summed E-state index contributed by atoms with van der Waals surface area (Å²) < 4.78 is 13.4. The zero-order valence-corrected chi connectivity index (χ0v) is 7.92. The number of benzene rings is 1. The number of hydrogen-bond acceptors (Lipinski definition) is 2. The van der Waals surface area contributed by atoms with E-state index in [1.165, 1.54) is 6.07 Å². The Balaban J connectivity index is 2.58. The van der Waals surface area contributed by atoms with Crippen LogP contribution in [0.2, 0.25) is 0 Å². The van der Waals surface area contributed by atoms with Gasteiger partial charge in [0.1, 0.15) is 11.6 Å². The number of aromatic nitrogens is 1. The van der Waals surface area contributed by atoms with Crippen LogP contribution in [-0.4, -0.2) is 11.5 Å². The number of rotatable bonds is 2. The molecular weight excluding hydrogens is 179 g/mol. The maximum atomic E-state index is 13.4. The Morgan fingerprint density at radius 1 is 1.43 bits per heavy atom. The summed E-state index contributed by atoms with van der Waals surface area (Å²) >= 11 is 0. The van der Waals surface area contributed by atoms with E-state index in [0.717, 1.165) is 11.9 Å². The van der Waals surface area contributed by atoms with Crippen LogP contribution >= 0.6 is 0 Å². The number of pyridine rings is 1. The van der Waals surface area contributed by atoms with Crippen LogP contribution < -0.4 is 5.32 Å². The molecule has 0 radical (unpaired) electrons. The van der Waals surface area contributed by atoms with E-state index in [1.807, 2.05) is 13.0 Å². The SMILES string of the molecule is CCNc1cc2c(F)cccc2cn1. The number of halogens is 1. The fourth-order valence-corrected chi connectivity index (χ4v) is 1.41. The molecule has 0 saturated carbocycles. The summed E-state index contributed by atoms with van der Waals surface area (Å²) in [5, 5.41) is 4.48. The van der Waals surface area contributed by atoms with Gasteiger partial charge < -0.3 is 5.32 Å². The number of fused-ring (bicyclic) bond motifs is 1. The molecule has 0 unspecified atom stereocenters. The van der Waals surface area contributed by atoms with Gasteiger partial charge in [0.2, 0.25) is 0 Å². The highest BCUT2D eigenvalue weighted by Gasteiger charge is 2.01. The van der Waals surface area contributed by atoms with Crippen LogP contribution in [0.25, 0.3) is 10.8 Å². The third-order valence-electron chi connectivity index (χ3n) is 2.07. The van der Waals surface area contributed by atoms with Crippen LogP contribution in [0.3, 0.4) is 0 Å². The largest absolute Gasteiger partial charge is 0.370 e. The van der Waals surface area contributed by atoms with Crippen molar-refractivity contribution in [2.75, 3.05) is 11.9 Å². The Morgan fingerprint density at radius 2 is 2.29 bits per heavy atom. The van der Waals surface area contributed by atoms with Crippen molar-refractivity contribution in [1.29, 1.82) is 0 Å². The first kappa shape index (κ1) is 8.94. The molecule has 1 aromatic carbocycles. The molecule has 3 heteroatoms. The molecule has 0 bridgehead atoms. The highest BCUT2D eigenvalue weighted by atomic mass is 19.1. The molecule has 1 heterocycles. The van der Waals surface area contributed by atoms with Gasteiger partial charge in [0.25, 0.3) is 0 Å². The van der Waals surface area contributed by atoms with Crippen LogP contribution in [0.5, 0.6) is 0 Å². The lowest BCUT2D eigenvalue weighted by molar-refractivity contribution is 0.640. The highest BCUT2D eigenvalue weighted by molar-refractivity contribution is 5.84. The quantitative estimate of drug-likeness (QED) is 0.787. The van der Waals surface area contributed by atoms with Crippen molar-refractivity contribution in [3.8, 4) is 0 Å². The zero-order chi connectivity index (χ0) is 9.97. The maximum absolute atomic E-state index is 13.4. The molecule has 0 atom stereocenters. The summed E-state index contributed by atoms with van der Waals surface area (Å²) in [6.07, 6.45) is 1.68. The second-order valence-corrected chi connectivity index (χ2v) is 3.06. The van der Waals surface area contributed by atoms with Crippen molar-refractivity contribution in [2.24, 2.45) is 0 Å². The molecule has 0 aliphatic heterocycles. The fraction of sp³-hybridized carbons (Fsp3) is 0.182. The van der Waals surface area contributed by atoms with E-state index in [9.17, 15) is 4.39 Å². The molecule has 2 nitrogen and oxygen atoms in total. The van der Waals surface area contributed by atoms with Gasteiger partial charge in [-0.25, -0.2) is 9.37 Å². The molecule has 0 spiro atoms. The molecule has 1 N–H and O–H groups in total. The molecule has 14 heavy (non-hydrogen) atoms. The van der Waals surface area contributed by atoms with Crippen molar-refractivity contribution in [2.45, 2.75) is 6.92 Å². The molecule has 0 saturated heterocycles. The number of hydrogen-bond donors (Lipinski definition) is 1. The minimum atomic E-state index is -0.205. The summed E-state index contributed by atoms with van der Waals surface area (Å²) in [4.78, 5) is 4.16. The molecule has 0 aliphatic rings. The first-order valence-corrected chi connectivity index (χ1v) is 4.59. The lowest BCUT2D eigenvalue weighted by Gasteiger charge is -2.04.